The molecular weight excluding hydrogens is 268 g/mol. The monoisotopic (exact) mass is 292 g/mol. The summed E-state index contributed by atoms with van der Waals surface area (Å²) in [7, 11) is 0. The number of carbonyl (C=O) groups is 2. The first kappa shape index (κ1) is 15.6. The first-order chi connectivity index (χ1) is 10.0. The van der Waals surface area contributed by atoms with E-state index in [9.17, 15) is 9.59 Å². The standard InChI is InChI=1S/C16H24N2O3/c1-3-12(2)11-15(19)17-9-6-13(7-10-17)18-8-4-5-14(18)16(20)21/h4-5,8,12-13H,3,6-7,9-11H2,1-2H3,(H,20,21). The summed E-state index contributed by atoms with van der Waals surface area (Å²) in [6.45, 7) is 5.64. The van der Waals surface area contributed by atoms with E-state index in [2.05, 4.69) is 13.8 Å². The maximum Gasteiger partial charge on any atom is 0.352 e. The predicted octanol–water partition coefficient (Wildman–Crippen LogP) is 2.79. The van der Waals surface area contributed by atoms with Crippen LogP contribution in [0.4, 0.5) is 0 Å². The molecule has 0 spiro atoms. The van der Waals surface area contributed by atoms with Crippen molar-refractivity contribution >= 4 is 11.9 Å². The van der Waals surface area contributed by atoms with Gasteiger partial charge in [0.15, 0.2) is 0 Å². The van der Waals surface area contributed by atoms with Crippen molar-refractivity contribution in [2.45, 2.75) is 45.6 Å². The number of nitrogens with zero attached hydrogens (tertiary/aromatic N) is 2. The second-order valence-electron chi connectivity index (χ2n) is 5.94. The predicted molar refractivity (Wildman–Crippen MR) is 80.3 cm³/mol. The van der Waals surface area contributed by atoms with E-state index in [1.165, 1.54) is 0 Å². The average Bonchev–Trinajstić information content (AvgIpc) is 2.96. The summed E-state index contributed by atoms with van der Waals surface area (Å²) in [5.74, 6) is -0.234. The Morgan fingerprint density at radius 2 is 2.05 bits per heavy atom. The van der Waals surface area contributed by atoms with Gasteiger partial charge in [-0.15, -0.1) is 0 Å². The second-order valence-corrected chi connectivity index (χ2v) is 5.94. The number of aromatic nitrogens is 1. The first-order valence-corrected chi connectivity index (χ1v) is 7.70. The van der Waals surface area contributed by atoms with Gasteiger partial charge in [0, 0.05) is 31.7 Å². The van der Waals surface area contributed by atoms with Crippen molar-refractivity contribution < 1.29 is 14.7 Å². The molecule has 21 heavy (non-hydrogen) atoms. The molecule has 1 aromatic heterocycles. The summed E-state index contributed by atoms with van der Waals surface area (Å²) in [5.41, 5.74) is 0.333. The zero-order valence-electron chi connectivity index (χ0n) is 12.8. The van der Waals surface area contributed by atoms with Crippen molar-refractivity contribution in [1.29, 1.82) is 0 Å². The summed E-state index contributed by atoms with van der Waals surface area (Å²) < 4.78 is 1.83. The van der Waals surface area contributed by atoms with E-state index in [0.717, 1.165) is 32.4 Å². The van der Waals surface area contributed by atoms with Crippen LogP contribution in [0.15, 0.2) is 18.3 Å². The van der Waals surface area contributed by atoms with E-state index >= 15 is 0 Å². The number of rotatable bonds is 5. The van der Waals surface area contributed by atoms with E-state index in [-0.39, 0.29) is 11.9 Å². The lowest BCUT2D eigenvalue weighted by Gasteiger charge is -2.33. The summed E-state index contributed by atoms with van der Waals surface area (Å²) in [5, 5.41) is 9.17. The smallest absolute Gasteiger partial charge is 0.352 e. The number of hydrogen-bond acceptors (Lipinski definition) is 2. The Hall–Kier alpha value is -1.78. The van der Waals surface area contributed by atoms with Gasteiger partial charge in [-0.05, 0) is 30.9 Å². The lowest BCUT2D eigenvalue weighted by molar-refractivity contribution is -0.133. The van der Waals surface area contributed by atoms with Crippen molar-refractivity contribution in [1.82, 2.24) is 9.47 Å². The Morgan fingerprint density at radius 3 is 2.62 bits per heavy atom. The van der Waals surface area contributed by atoms with Crippen LogP contribution in [0, 0.1) is 5.92 Å². The van der Waals surface area contributed by atoms with Gasteiger partial charge in [-0.1, -0.05) is 20.3 Å². The van der Waals surface area contributed by atoms with Gasteiger partial charge in [0.2, 0.25) is 5.91 Å². The van der Waals surface area contributed by atoms with Crippen LogP contribution < -0.4 is 0 Å². The van der Waals surface area contributed by atoms with Crippen molar-refractivity contribution in [2.24, 2.45) is 5.92 Å². The summed E-state index contributed by atoms with van der Waals surface area (Å²) in [6, 6.07) is 3.57. The first-order valence-electron chi connectivity index (χ1n) is 7.70. The molecule has 1 fully saturated rings. The number of carbonyl (C=O) groups excluding carboxylic acids is 1. The Bertz CT molecular complexity index is 501. The number of aromatic carboxylic acids is 1. The molecule has 5 heteroatoms. The zero-order valence-corrected chi connectivity index (χ0v) is 12.8. The molecule has 2 rings (SSSR count). The highest BCUT2D eigenvalue weighted by molar-refractivity contribution is 5.85. The summed E-state index contributed by atoms with van der Waals surface area (Å²) >= 11 is 0. The minimum atomic E-state index is -0.893. The highest BCUT2D eigenvalue weighted by atomic mass is 16.4. The molecular formula is C16H24N2O3. The fourth-order valence-electron chi connectivity index (χ4n) is 2.86. The molecule has 1 aliphatic heterocycles. The molecule has 1 atom stereocenters. The average molecular weight is 292 g/mol. The van der Waals surface area contributed by atoms with Crippen molar-refractivity contribution in [3.8, 4) is 0 Å². The van der Waals surface area contributed by atoms with Crippen molar-refractivity contribution in [3.05, 3.63) is 24.0 Å². The molecule has 5 nitrogen and oxygen atoms in total. The number of carboxylic acids is 1. The Kier molecular flexibility index (Phi) is 5.04. The van der Waals surface area contributed by atoms with Crippen LogP contribution in [0.25, 0.3) is 0 Å². The number of hydrogen-bond donors (Lipinski definition) is 1. The van der Waals surface area contributed by atoms with Gasteiger partial charge in [0.1, 0.15) is 5.69 Å². The van der Waals surface area contributed by atoms with Gasteiger partial charge in [0.25, 0.3) is 0 Å². The van der Waals surface area contributed by atoms with Gasteiger partial charge >= 0.3 is 5.97 Å². The number of amides is 1. The molecule has 0 bridgehead atoms. The van der Waals surface area contributed by atoms with Crippen LogP contribution in [0.5, 0.6) is 0 Å². The molecule has 1 N–H and O–H groups in total. The lowest BCUT2D eigenvalue weighted by atomic mass is 10.0. The molecule has 0 radical (unpaired) electrons. The minimum absolute atomic E-state index is 0.179. The lowest BCUT2D eigenvalue weighted by Crippen LogP contribution is -2.39. The van der Waals surface area contributed by atoms with Crippen LogP contribution in [-0.4, -0.2) is 39.5 Å². The van der Waals surface area contributed by atoms with Crippen LogP contribution in [0.3, 0.4) is 0 Å². The Labute approximate surface area is 125 Å². The van der Waals surface area contributed by atoms with Gasteiger partial charge in [-0.2, -0.15) is 0 Å². The highest BCUT2D eigenvalue weighted by Gasteiger charge is 2.26. The van der Waals surface area contributed by atoms with Gasteiger partial charge < -0.3 is 14.6 Å². The number of piperidine rings is 1. The number of carboxylic acid groups (broad SMARTS) is 1. The Balaban J connectivity index is 1.92. The topological polar surface area (TPSA) is 62.5 Å². The molecule has 2 heterocycles. The molecule has 1 amide bonds. The normalized spacial score (nSPS) is 17.7. The van der Waals surface area contributed by atoms with Gasteiger partial charge in [-0.25, -0.2) is 4.79 Å². The van der Waals surface area contributed by atoms with E-state index in [4.69, 9.17) is 5.11 Å². The fraction of sp³-hybridized carbons (Fsp3) is 0.625. The summed E-state index contributed by atoms with van der Waals surface area (Å²) in [4.78, 5) is 25.3. The maximum atomic E-state index is 12.2. The molecule has 1 saturated heterocycles. The van der Waals surface area contributed by atoms with Crippen LogP contribution in [-0.2, 0) is 4.79 Å². The van der Waals surface area contributed by atoms with Gasteiger partial charge in [-0.3, -0.25) is 4.79 Å². The van der Waals surface area contributed by atoms with E-state index in [0.29, 0.717) is 18.0 Å². The molecule has 0 aromatic carbocycles. The molecule has 1 unspecified atom stereocenters. The van der Waals surface area contributed by atoms with Crippen LogP contribution in [0.2, 0.25) is 0 Å². The second kappa shape index (κ2) is 6.78. The van der Waals surface area contributed by atoms with E-state index in [1.807, 2.05) is 15.7 Å². The largest absolute Gasteiger partial charge is 0.477 e. The molecule has 0 aliphatic carbocycles. The molecule has 0 saturated carbocycles. The highest BCUT2D eigenvalue weighted by Crippen LogP contribution is 2.25. The summed E-state index contributed by atoms with van der Waals surface area (Å²) in [6.07, 6.45) is 5.10. The minimum Gasteiger partial charge on any atom is -0.477 e. The number of likely N-dealkylation sites (tertiary alicyclic amines) is 1. The SMILES string of the molecule is CCC(C)CC(=O)N1CCC(n2cccc2C(=O)O)CC1. The molecule has 1 aliphatic rings. The third-order valence-corrected chi connectivity index (χ3v) is 4.43. The third kappa shape index (κ3) is 3.65. The van der Waals surface area contributed by atoms with Crippen LogP contribution >= 0.6 is 0 Å². The molecule has 1 aromatic rings. The fourth-order valence-corrected chi connectivity index (χ4v) is 2.86. The maximum absolute atomic E-state index is 12.2. The zero-order chi connectivity index (χ0) is 15.4. The Morgan fingerprint density at radius 1 is 1.38 bits per heavy atom. The van der Waals surface area contributed by atoms with Crippen LogP contribution in [0.1, 0.15) is 56.1 Å². The molecule has 116 valence electrons. The van der Waals surface area contributed by atoms with Crippen molar-refractivity contribution in [3.63, 3.8) is 0 Å². The van der Waals surface area contributed by atoms with Crippen molar-refractivity contribution in [2.75, 3.05) is 13.1 Å². The quantitative estimate of drug-likeness (QED) is 0.907. The van der Waals surface area contributed by atoms with Gasteiger partial charge in [0.05, 0.1) is 0 Å². The van der Waals surface area contributed by atoms with E-state index in [1.54, 1.807) is 12.1 Å². The van der Waals surface area contributed by atoms with E-state index < -0.39 is 5.97 Å². The third-order valence-electron chi connectivity index (χ3n) is 4.43.